The second-order valence-corrected chi connectivity index (χ2v) is 10.6. The van der Waals surface area contributed by atoms with E-state index in [0.717, 1.165) is 47.4 Å². The van der Waals surface area contributed by atoms with Crippen molar-refractivity contribution < 1.29 is 18.7 Å². The molecule has 1 heterocycles. The van der Waals surface area contributed by atoms with Gasteiger partial charge in [0.25, 0.3) is 0 Å². The molecule has 4 rings (SSSR count). The van der Waals surface area contributed by atoms with Gasteiger partial charge in [-0.25, -0.2) is 9.18 Å². The van der Waals surface area contributed by atoms with Crippen molar-refractivity contribution in [2.45, 2.75) is 59.0 Å². The summed E-state index contributed by atoms with van der Waals surface area (Å²) < 4.78 is 25.7. The first-order valence-electron chi connectivity index (χ1n) is 13.8. The van der Waals surface area contributed by atoms with Crippen molar-refractivity contribution in [2.24, 2.45) is 5.92 Å². The van der Waals surface area contributed by atoms with Crippen LogP contribution in [0, 0.1) is 11.7 Å². The van der Waals surface area contributed by atoms with E-state index in [4.69, 9.17) is 9.47 Å². The molecule has 1 fully saturated rings. The molecule has 0 bridgehead atoms. The lowest BCUT2D eigenvalue weighted by molar-refractivity contribution is 0.0588. The molecule has 1 unspecified atom stereocenters. The number of anilines is 1. The quantitative estimate of drug-likeness (QED) is 0.296. The minimum absolute atomic E-state index is 0.165. The Morgan fingerprint density at radius 1 is 1.05 bits per heavy atom. The zero-order valence-electron chi connectivity index (χ0n) is 23.2. The van der Waals surface area contributed by atoms with Gasteiger partial charge >= 0.3 is 6.09 Å². The highest BCUT2D eigenvalue weighted by molar-refractivity contribution is 5.68. The van der Waals surface area contributed by atoms with E-state index < -0.39 is 0 Å². The van der Waals surface area contributed by atoms with E-state index in [1.165, 1.54) is 6.07 Å². The number of amides is 1. The highest BCUT2D eigenvalue weighted by Crippen LogP contribution is 2.25. The van der Waals surface area contributed by atoms with Gasteiger partial charge in [0.2, 0.25) is 0 Å². The number of nitrogens with zero attached hydrogens (tertiary/aromatic N) is 2. The summed E-state index contributed by atoms with van der Waals surface area (Å²) in [6.45, 7) is 6.93. The fourth-order valence-corrected chi connectivity index (χ4v) is 4.77. The molecule has 7 heteroatoms. The number of hydrogen-bond donors (Lipinski definition) is 1. The van der Waals surface area contributed by atoms with Crippen LogP contribution in [-0.2, 0) is 24.4 Å². The summed E-state index contributed by atoms with van der Waals surface area (Å²) in [6, 6.07) is 22.7. The SMILES string of the molecule is CC(C)COc1ccc(CN(C)c2ccc(F)cc2CNC2CCCCN2C(=O)OCc2ccccc2)cc1. The Morgan fingerprint density at radius 3 is 2.56 bits per heavy atom. The second kappa shape index (κ2) is 14.0. The first kappa shape index (κ1) is 28.4. The lowest BCUT2D eigenvalue weighted by Gasteiger charge is -2.35. The molecule has 1 atom stereocenters. The molecule has 208 valence electrons. The lowest BCUT2D eigenvalue weighted by atomic mass is 10.1. The van der Waals surface area contributed by atoms with Crippen molar-refractivity contribution >= 4 is 11.8 Å². The Balaban J connectivity index is 1.37. The van der Waals surface area contributed by atoms with Crippen molar-refractivity contribution in [1.29, 1.82) is 0 Å². The molecule has 0 radical (unpaired) electrons. The molecule has 6 nitrogen and oxygen atoms in total. The Bertz CT molecular complexity index is 1190. The molecule has 0 saturated carbocycles. The van der Waals surface area contributed by atoms with Crippen LogP contribution in [0.15, 0.2) is 72.8 Å². The third kappa shape index (κ3) is 8.45. The number of benzene rings is 3. The van der Waals surface area contributed by atoms with Gasteiger partial charge in [-0.3, -0.25) is 10.2 Å². The van der Waals surface area contributed by atoms with Crippen LogP contribution >= 0.6 is 0 Å². The van der Waals surface area contributed by atoms with Gasteiger partial charge in [-0.15, -0.1) is 0 Å². The van der Waals surface area contributed by atoms with E-state index in [2.05, 4.69) is 36.2 Å². The van der Waals surface area contributed by atoms with E-state index in [1.807, 2.05) is 55.6 Å². The van der Waals surface area contributed by atoms with Gasteiger partial charge in [-0.05, 0) is 72.2 Å². The smallest absolute Gasteiger partial charge is 0.411 e. The third-order valence-corrected chi connectivity index (χ3v) is 6.85. The van der Waals surface area contributed by atoms with Gasteiger partial charge in [-0.2, -0.15) is 0 Å². The summed E-state index contributed by atoms with van der Waals surface area (Å²) in [6.07, 6.45) is 2.29. The first-order valence-corrected chi connectivity index (χ1v) is 13.8. The first-order chi connectivity index (χ1) is 18.9. The van der Waals surface area contributed by atoms with E-state index in [-0.39, 0.29) is 24.7 Å². The molecule has 3 aromatic carbocycles. The third-order valence-electron chi connectivity index (χ3n) is 6.85. The number of piperidine rings is 1. The number of rotatable bonds is 11. The standard InChI is InChI=1S/C32H40FN3O3/c1-24(2)22-38-29-15-12-25(13-16-29)21-35(3)30-17-14-28(33)19-27(30)20-34-31-11-7-8-18-36(31)32(37)39-23-26-9-5-4-6-10-26/h4-6,9-10,12-17,19,24,31,34H,7-8,11,18,20-23H2,1-3H3. The zero-order valence-corrected chi connectivity index (χ0v) is 23.2. The zero-order chi connectivity index (χ0) is 27.6. The van der Waals surface area contributed by atoms with Gasteiger partial charge < -0.3 is 14.4 Å². The summed E-state index contributed by atoms with van der Waals surface area (Å²) in [5, 5.41) is 3.50. The molecule has 0 spiro atoms. The topological polar surface area (TPSA) is 54.0 Å². The average Bonchev–Trinajstić information content (AvgIpc) is 2.95. The number of carbonyl (C=O) groups excluding carboxylic acids is 1. The number of carbonyl (C=O) groups is 1. The number of ether oxygens (including phenoxy) is 2. The Kier molecular flexibility index (Phi) is 10.2. The van der Waals surface area contributed by atoms with Crippen LogP contribution in [0.4, 0.5) is 14.9 Å². The monoisotopic (exact) mass is 533 g/mol. The van der Waals surface area contributed by atoms with Crippen LogP contribution in [0.1, 0.15) is 49.8 Å². The molecule has 1 N–H and O–H groups in total. The van der Waals surface area contributed by atoms with Crippen LogP contribution < -0.4 is 15.0 Å². The van der Waals surface area contributed by atoms with E-state index in [0.29, 0.717) is 32.2 Å². The van der Waals surface area contributed by atoms with Gasteiger partial charge in [-0.1, -0.05) is 56.3 Å². The average molecular weight is 534 g/mol. The van der Waals surface area contributed by atoms with E-state index in [1.54, 1.807) is 11.0 Å². The van der Waals surface area contributed by atoms with Crippen molar-refractivity contribution in [1.82, 2.24) is 10.2 Å². The molecular weight excluding hydrogens is 493 g/mol. The lowest BCUT2D eigenvalue weighted by Crippen LogP contribution is -2.51. The fraction of sp³-hybridized carbons (Fsp3) is 0.406. The molecule has 39 heavy (non-hydrogen) atoms. The van der Waals surface area contributed by atoms with E-state index in [9.17, 15) is 9.18 Å². The van der Waals surface area contributed by atoms with Crippen molar-refractivity contribution in [3.8, 4) is 5.75 Å². The molecule has 1 amide bonds. The fourth-order valence-electron chi connectivity index (χ4n) is 4.77. The van der Waals surface area contributed by atoms with Gasteiger partial charge in [0.15, 0.2) is 0 Å². The maximum absolute atomic E-state index is 14.3. The highest BCUT2D eigenvalue weighted by Gasteiger charge is 2.28. The van der Waals surface area contributed by atoms with Gasteiger partial charge in [0, 0.05) is 32.4 Å². The van der Waals surface area contributed by atoms with Crippen LogP contribution in [0.2, 0.25) is 0 Å². The van der Waals surface area contributed by atoms with Gasteiger partial charge in [0.05, 0.1) is 12.8 Å². The minimum atomic E-state index is -0.326. The Hall–Kier alpha value is -3.58. The number of nitrogens with one attached hydrogen (secondary N) is 1. The van der Waals surface area contributed by atoms with Crippen molar-refractivity contribution in [3.63, 3.8) is 0 Å². The highest BCUT2D eigenvalue weighted by atomic mass is 19.1. The van der Waals surface area contributed by atoms with Crippen LogP contribution in [0.3, 0.4) is 0 Å². The van der Waals surface area contributed by atoms with E-state index >= 15 is 0 Å². The molecule has 1 saturated heterocycles. The summed E-state index contributed by atoms with van der Waals surface area (Å²) in [7, 11) is 2.01. The molecular formula is C32H40FN3O3. The van der Waals surface area contributed by atoms with Crippen LogP contribution in [-0.4, -0.2) is 37.4 Å². The number of likely N-dealkylation sites (tertiary alicyclic amines) is 1. The predicted molar refractivity (Wildman–Crippen MR) is 153 cm³/mol. The van der Waals surface area contributed by atoms with Crippen molar-refractivity contribution in [2.75, 3.05) is 25.1 Å². The summed E-state index contributed by atoms with van der Waals surface area (Å²) in [5.74, 6) is 1.06. The molecule has 0 aliphatic carbocycles. The molecule has 1 aliphatic heterocycles. The van der Waals surface area contributed by atoms with Crippen LogP contribution in [0.5, 0.6) is 5.75 Å². The minimum Gasteiger partial charge on any atom is -0.493 e. The Labute approximate surface area is 231 Å². The number of halogens is 1. The van der Waals surface area contributed by atoms with Crippen LogP contribution in [0.25, 0.3) is 0 Å². The summed E-state index contributed by atoms with van der Waals surface area (Å²) in [4.78, 5) is 16.8. The Morgan fingerprint density at radius 2 is 1.82 bits per heavy atom. The molecule has 1 aliphatic rings. The van der Waals surface area contributed by atoms with Gasteiger partial charge in [0.1, 0.15) is 18.2 Å². The largest absolute Gasteiger partial charge is 0.493 e. The van der Waals surface area contributed by atoms with Crippen molar-refractivity contribution in [3.05, 3.63) is 95.3 Å². The molecule has 3 aromatic rings. The molecule has 0 aromatic heterocycles. The predicted octanol–water partition coefficient (Wildman–Crippen LogP) is 6.74. The maximum Gasteiger partial charge on any atom is 0.411 e. The summed E-state index contributed by atoms with van der Waals surface area (Å²) >= 11 is 0. The second-order valence-electron chi connectivity index (χ2n) is 10.6. The summed E-state index contributed by atoms with van der Waals surface area (Å²) in [5.41, 5.74) is 3.88. The normalized spacial score (nSPS) is 15.3. The number of hydrogen-bond acceptors (Lipinski definition) is 5. The maximum atomic E-state index is 14.3.